The molecule has 0 fully saturated rings. The lowest BCUT2D eigenvalue weighted by Gasteiger charge is -2.22. The molecular formula is C24H28N4O2. The summed E-state index contributed by atoms with van der Waals surface area (Å²) in [6.45, 7) is 8.40. The topological polar surface area (TPSA) is 67.2 Å². The molecule has 0 spiro atoms. The number of aromatic nitrogens is 2. The molecule has 0 radical (unpaired) electrons. The summed E-state index contributed by atoms with van der Waals surface area (Å²) >= 11 is 0. The molecule has 0 aliphatic carbocycles. The predicted octanol–water partition coefficient (Wildman–Crippen LogP) is 4.29. The SMILES string of the molecule is CCCN(CC(=O)Nc1ccccc1C)C(=O)c1ccc(-n2nc(C)cc2C)cc1. The van der Waals surface area contributed by atoms with E-state index in [9.17, 15) is 9.59 Å². The molecule has 30 heavy (non-hydrogen) atoms. The van der Waals surface area contributed by atoms with Gasteiger partial charge in [-0.15, -0.1) is 0 Å². The highest BCUT2D eigenvalue weighted by Crippen LogP contribution is 2.16. The largest absolute Gasteiger partial charge is 0.329 e. The lowest BCUT2D eigenvalue weighted by Crippen LogP contribution is -2.38. The van der Waals surface area contributed by atoms with Crippen molar-refractivity contribution in [3.8, 4) is 5.69 Å². The van der Waals surface area contributed by atoms with Crippen LogP contribution >= 0.6 is 0 Å². The van der Waals surface area contributed by atoms with Crippen LogP contribution in [0.25, 0.3) is 5.69 Å². The lowest BCUT2D eigenvalue weighted by atomic mass is 10.1. The second kappa shape index (κ2) is 9.39. The number of para-hydroxylation sites is 1. The molecule has 0 aliphatic heterocycles. The zero-order valence-corrected chi connectivity index (χ0v) is 18.0. The average Bonchev–Trinajstić information content (AvgIpc) is 3.07. The van der Waals surface area contributed by atoms with E-state index in [4.69, 9.17) is 0 Å². The van der Waals surface area contributed by atoms with E-state index in [1.165, 1.54) is 0 Å². The fourth-order valence-electron chi connectivity index (χ4n) is 3.42. The van der Waals surface area contributed by atoms with E-state index in [0.29, 0.717) is 12.1 Å². The summed E-state index contributed by atoms with van der Waals surface area (Å²) in [6, 6.07) is 16.9. The number of carbonyl (C=O) groups is 2. The van der Waals surface area contributed by atoms with Crippen molar-refractivity contribution in [3.05, 3.63) is 77.1 Å². The van der Waals surface area contributed by atoms with Crippen LogP contribution in [-0.2, 0) is 4.79 Å². The molecule has 156 valence electrons. The minimum Gasteiger partial charge on any atom is -0.329 e. The summed E-state index contributed by atoms with van der Waals surface area (Å²) in [5, 5.41) is 7.37. The Balaban J connectivity index is 1.72. The number of hydrogen-bond donors (Lipinski definition) is 1. The maximum atomic E-state index is 13.0. The first-order valence-corrected chi connectivity index (χ1v) is 10.2. The molecule has 3 rings (SSSR count). The molecule has 6 heteroatoms. The van der Waals surface area contributed by atoms with Gasteiger partial charge in [0, 0.05) is 23.5 Å². The molecule has 0 unspecified atom stereocenters. The number of rotatable bonds is 7. The molecule has 1 heterocycles. The number of benzene rings is 2. The molecule has 0 saturated carbocycles. The van der Waals surface area contributed by atoms with Crippen molar-refractivity contribution < 1.29 is 9.59 Å². The summed E-state index contributed by atoms with van der Waals surface area (Å²) in [4.78, 5) is 27.2. The first-order valence-electron chi connectivity index (χ1n) is 10.2. The summed E-state index contributed by atoms with van der Waals surface area (Å²) < 4.78 is 1.85. The van der Waals surface area contributed by atoms with Crippen LogP contribution in [0.2, 0.25) is 0 Å². The molecule has 1 aromatic heterocycles. The minimum atomic E-state index is -0.203. The van der Waals surface area contributed by atoms with Crippen molar-refractivity contribution in [1.29, 1.82) is 0 Å². The predicted molar refractivity (Wildman–Crippen MR) is 119 cm³/mol. The first-order chi connectivity index (χ1) is 14.4. The average molecular weight is 405 g/mol. The van der Waals surface area contributed by atoms with E-state index in [1.807, 2.05) is 74.8 Å². The Morgan fingerprint density at radius 1 is 1.03 bits per heavy atom. The number of nitrogens with zero attached hydrogens (tertiary/aromatic N) is 3. The zero-order chi connectivity index (χ0) is 21.7. The first kappa shape index (κ1) is 21.3. The monoisotopic (exact) mass is 404 g/mol. The third-order valence-electron chi connectivity index (χ3n) is 4.90. The van der Waals surface area contributed by atoms with Gasteiger partial charge in [0.25, 0.3) is 5.91 Å². The molecular weight excluding hydrogens is 376 g/mol. The molecule has 0 bridgehead atoms. The summed E-state index contributed by atoms with van der Waals surface area (Å²) in [5.74, 6) is -0.359. The molecule has 2 aromatic carbocycles. The minimum absolute atomic E-state index is 0.0141. The molecule has 0 aliphatic rings. The van der Waals surface area contributed by atoms with Crippen LogP contribution in [0.1, 0.15) is 40.7 Å². The Morgan fingerprint density at radius 2 is 1.73 bits per heavy atom. The van der Waals surface area contributed by atoms with Gasteiger partial charge in [0.15, 0.2) is 0 Å². The van der Waals surface area contributed by atoms with Gasteiger partial charge in [-0.1, -0.05) is 25.1 Å². The summed E-state index contributed by atoms with van der Waals surface area (Å²) in [5.41, 5.74) is 5.18. The molecule has 0 atom stereocenters. The zero-order valence-electron chi connectivity index (χ0n) is 18.0. The molecule has 2 amide bonds. The van der Waals surface area contributed by atoms with Crippen LogP contribution in [0, 0.1) is 20.8 Å². The Bertz CT molecular complexity index is 1040. The Labute approximate surface area is 177 Å². The third kappa shape index (κ3) is 4.95. The van der Waals surface area contributed by atoms with E-state index in [0.717, 1.165) is 34.7 Å². The van der Waals surface area contributed by atoms with Crippen molar-refractivity contribution in [2.24, 2.45) is 0 Å². The van der Waals surface area contributed by atoms with Crippen LogP contribution in [0.5, 0.6) is 0 Å². The van der Waals surface area contributed by atoms with Gasteiger partial charge in [-0.2, -0.15) is 5.10 Å². The standard InChI is InChI=1S/C24H28N4O2/c1-5-14-27(16-23(29)25-22-9-7-6-8-17(22)2)24(30)20-10-12-21(13-11-20)28-19(4)15-18(3)26-28/h6-13,15H,5,14,16H2,1-4H3,(H,25,29). The van der Waals surface area contributed by atoms with Crippen molar-refractivity contribution in [2.75, 3.05) is 18.4 Å². The Morgan fingerprint density at radius 3 is 2.33 bits per heavy atom. The smallest absolute Gasteiger partial charge is 0.254 e. The number of aryl methyl sites for hydroxylation is 3. The molecule has 6 nitrogen and oxygen atoms in total. The quantitative estimate of drug-likeness (QED) is 0.639. The molecule has 1 N–H and O–H groups in total. The van der Waals surface area contributed by atoms with Gasteiger partial charge in [-0.25, -0.2) is 4.68 Å². The second-order valence-electron chi connectivity index (χ2n) is 7.48. The van der Waals surface area contributed by atoms with E-state index >= 15 is 0 Å². The van der Waals surface area contributed by atoms with Crippen LogP contribution in [0.3, 0.4) is 0 Å². The van der Waals surface area contributed by atoms with Gasteiger partial charge in [-0.05, 0) is 69.2 Å². The fraction of sp³-hybridized carbons (Fsp3) is 0.292. The van der Waals surface area contributed by atoms with E-state index in [2.05, 4.69) is 10.4 Å². The number of carbonyl (C=O) groups excluding carboxylic acids is 2. The van der Waals surface area contributed by atoms with Gasteiger partial charge < -0.3 is 10.2 Å². The van der Waals surface area contributed by atoms with E-state index in [1.54, 1.807) is 17.0 Å². The highest BCUT2D eigenvalue weighted by atomic mass is 16.2. The molecule has 0 saturated heterocycles. The van der Waals surface area contributed by atoms with Gasteiger partial charge in [0.1, 0.15) is 6.54 Å². The van der Waals surface area contributed by atoms with E-state index in [-0.39, 0.29) is 18.4 Å². The van der Waals surface area contributed by atoms with Crippen LogP contribution in [0.4, 0.5) is 5.69 Å². The van der Waals surface area contributed by atoms with Crippen molar-refractivity contribution in [2.45, 2.75) is 34.1 Å². The van der Waals surface area contributed by atoms with Crippen molar-refractivity contribution >= 4 is 17.5 Å². The summed E-state index contributed by atoms with van der Waals surface area (Å²) in [6.07, 6.45) is 0.771. The Kier molecular flexibility index (Phi) is 6.67. The maximum absolute atomic E-state index is 13.0. The normalized spacial score (nSPS) is 10.7. The number of hydrogen-bond acceptors (Lipinski definition) is 3. The lowest BCUT2D eigenvalue weighted by molar-refractivity contribution is -0.116. The maximum Gasteiger partial charge on any atom is 0.254 e. The fourth-order valence-corrected chi connectivity index (χ4v) is 3.42. The Hall–Kier alpha value is -3.41. The number of anilines is 1. The van der Waals surface area contributed by atoms with Crippen LogP contribution < -0.4 is 5.32 Å². The second-order valence-corrected chi connectivity index (χ2v) is 7.48. The van der Waals surface area contributed by atoms with Crippen LogP contribution in [-0.4, -0.2) is 39.6 Å². The summed E-state index contributed by atoms with van der Waals surface area (Å²) in [7, 11) is 0. The highest BCUT2D eigenvalue weighted by Gasteiger charge is 2.19. The van der Waals surface area contributed by atoms with Gasteiger partial charge in [-0.3, -0.25) is 9.59 Å². The third-order valence-corrected chi connectivity index (χ3v) is 4.90. The van der Waals surface area contributed by atoms with Crippen LogP contribution in [0.15, 0.2) is 54.6 Å². The molecule has 3 aromatic rings. The van der Waals surface area contributed by atoms with Gasteiger partial charge >= 0.3 is 0 Å². The number of nitrogens with one attached hydrogen (secondary N) is 1. The number of amides is 2. The van der Waals surface area contributed by atoms with E-state index < -0.39 is 0 Å². The van der Waals surface area contributed by atoms with Gasteiger partial charge in [0.05, 0.1) is 11.4 Å². The van der Waals surface area contributed by atoms with Gasteiger partial charge in [0.2, 0.25) is 5.91 Å². The van der Waals surface area contributed by atoms with Crippen molar-refractivity contribution in [1.82, 2.24) is 14.7 Å². The van der Waals surface area contributed by atoms with Crippen molar-refractivity contribution in [3.63, 3.8) is 0 Å². The highest BCUT2D eigenvalue weighted by molar-refractivity contribution is 5.99.